The van der Waals surface area contributed by atoms with Crippen LogP contribution in [-0.2, 0) is 5.41 Å². The Labute approximate surface area is 329 Å². The van der Waals surface area contributed by atoms with Crippen LogP contribution in [0.3, 0.4) is 0 Å². The lowest BCUT2D eigenvalue weighted by molar-refractivity contribution is 0.631. The van der Waals surface area contributed by atoms with Gasteiger partial charge in [-0.25, -0.2) is 9.97 Å². The molecule has 0 saturated heterocycles. The molecule has 4 heterocycles. The Morgan fingerprint density at radius 1 is 0.421 bits per heavy atom. The highest BCUT2D eigenvalue weighted by molar-refractivity contribution is 6.28. The van der Waals surface area contributed by atoms with Crippen LogP contribution in [0.1, 0.15) is 25.0 Å². The van der Waals surface area contributed by atoms with Crippen molar-refractivity contribution < 1.29 is 0 Å². The van der Waals surface area contributed by atoms with Crippen molar-refractivity contribution in [2.75, 3.05) is 0 Å². The van der Waals surface area contributed by atoms with E-state index in [1.807, 2.05) is 12.1 Å². The Kier molecular flexibility index (Phi) is 6.65. The second kappa shape index (κ2) is 11.8. The van der Waals surface area contributed by atoms with E-state index in [4.69, 9.17) is 9.97 Å². The zero-order valence-electron chi connectivity index (χ0n) is 31.6. The van der Waals surface area contributed by atoms with Crippen LogP contribution in [0.5, 0.6) is 0 Å². The maximum absolute atomic E-state index is 5.13. The van der Waals surface area contributed by atoms with Crippen molar-refractivity contribution in [1.29, 1.82) is 0 Å². The van der Waals surface area contributed by atoms with Gasteiger partial charge in [-0.1, -0.05) is 135 Å². The quantitative estimate of drug-likeness (QED) is 0.181. The minimum Gasteiger partial charge on any atom is -0.309 e. The fourth-order valence-corrected chi connectivity index (χ4v) is 9.52. The molecule has 268 valence electrons. The van der Waals surface area contributed by atoms with Gasteiger partial charge >= 0.3 is 0 Å². The van der Waals surface area contributed by atoms with E-state index in [9.17, 15) is 0 Å². The maximum atomic E-state index is 5.13. The zero-order chi connectivity index (χ0) is 37.8. The monoisotopic (exact) mass is 728 g/mol. The van der Waals surface area contributed by atoms with Crippen molar-refractivity contribution in [3.05, 3.63) is 193 Å². The third-order valence-electron chi connectivity index (χ3n) is 12.3. The highest BCUT2D eigenvalue weighted by Gasteiger charge is 2.37. The molecule has 0 spiro atoms. The van der Waals surface area contributed by atoms with E-state index >= 15 is 0 Å². The van der Waals surface area contributed by atoms with Crippen molar-refractivity contribution in [2.24, 2.45) is 0 Å². The van der Waals surface area contributed by atoms with Gasteiger partial charge in [0.15, 0.2) is 5.82 Å². The minimum absolute atomic E-state index is 0.204. The second-order valence-corrected chi connectivity index (χ2v) is 15.8. The molecule has 0 bridgehead atoms. The summed E-state index contributed by atoms with van der Waals surface area (Å²) in [5.41, 5.74) is 14.7. The van der Waals surface area contributed by atoms with Gasteiger partial charge < -0.3 is 9.13 Å². The smallest absolute Gasteiger partial charge is 0.160 e. The van der Waals surface area contributed by atoms with Crippen molar-refractivity contribution >= 4 is 54.4 Å². The standard InChI is InChI=1S/C53H36N4/c1-53(2)42-22-12-14-24-47(42)57-48-30-37-20-10-9-19-36(37)29-41(48)49-50-40(31-43(53)51(49)57)39-21-11-13-23-46(39)56(50)38-27-25-35(26-28-38)52-54-44(33-15-5-3-6-16-33)32-45(55-52)34-17-7-4-8-18-34/h3-32H,1-2H3. The van der Waals surface area contributed by atoms with Gasteiger partial charge in [-0.15, -0.1) is 0 Å². The summed E-state index contributed by atoms with van der Waals surface area (Å²) in [6.07, 6.45) is 0. The van der Waals surface area contributed by atoms with Gasteiger partial charge in [-0.3, -0.25) is 0 Å². The van der Waals surface area contributed by atoms with Crippen LogP contribution in [0.15, 0.2) is 182 Å². The molecule has 4 heteroatoms. The number of hydrogen-bond acceptors (Lipinski definition) is 2. The van der Waals surface area contributed by atoms with Gasteiger partial charge in [0.1, 0.15) is 0 Å². The lowest BCUT2D eigenvalue weighted by Crippen LogP contribution is -2.26. The normalized spacial score (nSPS) is 13.2. The molecule has 4 nitrogen and oxygen atoms in total. The molecular formula is C53H36N4. The number of aromatic nitrogens is 4. The molecule has 8 aromatic carbocycles. The van der Waals surface area contributed by atoms with E-state index in [0.29, 0.717) is 5.82 Å². The van der Waals surface area contributed by atoms with Crippen LogP contribution in [-0.4, -0.2) is 19.1 Å². The average molecular weight is 729 g/mol. The number of nitrogens with zero attached hydrogens (tertiary/aromatic N) is 4. The van der Waals surface area contributed by atoms with Crippen molar-refractivity contribution in [1.82, 2.24) is 19.1 Å². The molecule has 0 aliphatic carbocycles. The zero-order valence-corrected chi connectivity index (χ0v) is 31.6. The summed E-state index contributed by atoms with van der Waals surface area (Å²) < 4.78 is 5.02. The van der Waals surface area contributed by atoms with Crippen molar-refractivity contribution in [3.8, 4) is 45.3 Å². The van der Waals surface area contributed by atoms with E-state index in [-0.39, 0.29) is 5.41 Å². The molecule has 1 aliphatic rings. The predicted octanol–water partition coefficient (Wildman–Crippen LogP) is 13.5. The summed E-state index contributed by atoms with van der Waals surface area (Å²) >= 11 is 0. The third kappa shape index (κ3) is 4.62. The van der Waals surface area contributed by atoms with Crippen LogP contribution in [0, 0.1) is 0 Å². The van der Waals surface area contributed by atoms with Crippen LogP contribution in [0.4, 0.5) is 0 Å². The predicted molar refractivity (Wildman–Crippen MR) is 237 cm³/mol. The number of fused-ring (bicyclic) bond motifs is 10. The van der Waals surface area contributed by atoms with E-state index in [2.05, 4.69) is 193 Å². The molecule has 1 aliphatic heterocycles. The molecule has 0 radical (unpaired) electrons. The number of para-hydroxylation sites is 2. The topological polar surface area (TPSA) is 35.6 Å². The Balaban J connectivity index is 1.14. The van der Waals surface area contributed by atoms with Crippen molar-refractivity contribution in [2.45, 2.75) is 19.3 Å². The molecule has 0 atom stereocenters. The lowest BCUT2D eigenvalue weighted by Gasteiger charge is -2.35. The van der Waals surface area contributed by atoms with E-state index < -0.39 is 0 Å². The molecule has 0 fully saturated rings. The van der Waals surface area contributed by atoms with Crippen molar-refractivity contribution in [3.63, 3.8) is 0 Å². The third-order valence-corrected chi connectivity index (χ3v) is 12.3. The Bertz CT molecular complexity index is 3350. The summed E-state index contributed by atoms with van der Waals surface area (Å²) in [4.78, 5) is 10.3. The fourth-order valence-electron chi connectivity index (χ4n) is 9.52. The van der Waals surface area contributed by atoms with Crippen LogP contribution < -0.4 is 0 Å². The number of benzene rings is 8. The first kappa shape index (κ1) is 32.0. The molecule has 3 aromatic heterocycles. The SMILES string of the molecule is CC1(C)c2ccccc2-n2c3cc4ccccc4cc3c3c2c1cc1c2ccccc2n(-c2ccc(-c4nc(-c5ccccc5)cc(-c5ccccc5)n4)cc2)c13. The second-order valence-electron chi connectivity index (χ2n) is 15.8. The first-order valence-electron chi connectivity index (χ1n) is 19.7. The van der Waals surface area contributed by atoms with E-state index in [1.165, 1.54) is 71.2 Å². The highest BCUT2D eigenvalue weighted by Crippen LogP contribution is 2.52. The molecule has 0 unspecified atom stereocenters. The van der Waals surface area contributed by atoms with Gasteiger partial charge in [-0.05, 0) is 82.6 Å². The summed E-state index contributed by atoms with van der Waals surface area (Å²) in [7, 11) is 0. The van der Waals surface area contributed by atoms with Gasteiger partial charge in [-0.2, -0.15) is 0 Å². The first-order chi connectivity index (χ1) is 28.0. The van der Waals surface area contributed by atoms with E-state index in [0.717, 1.165) is 33.8 Å². The highest BCUT2D eigenvalue weighted by atomic mass is 15.0. The van der Waals surface area contributed by atoms with Gasteiger partial charge in [0.25, 0.3) is 0 Å². The maximum Gasteiger partial charge on any atom is 0.160 e. The van der Waals surface area contributed by atoms with Gasteiger partial charge in [0.05, 0.1) is 39.1 Å². The summed E-state index contributed by atoms with van der Waals surface area (Å²) in [5.74, 6) is 0.703. The molecule has 12 rings (SSSR count). The largest absolute Gasteiger partial charge is 0.309 e. The number of hydrogen-bond donors (Lipinski definition) is 0. The molecule has 11 aromatic rings. The van der Waals surface area contributed by atoms with E-state index in [1.54, 1.807) is 0 Å². The minimum atomic E-state index is -0.204. The molecule has 0 N–H and O–H groups in total. The van der Waals surface area contributed by atoms with Crippen LogP contribution in [0.25, 0.3) is 99.7 Å². The summed E-state index contributed by atoms with van der Waals surface area (Å²) in [5, 5.41) is 7.56. The Hall–Kier alpha value is -7.30. The summed E-state index contributed by atoms with van der Waals surface area (Å²) in [6, 6.07) is 65.6. The van der Waals surface area contributed by atoms with Crippen LogP contribution in [0.2, 0.25) is 0 Å². The first-order valence-corrected chi connectivity index (χ1v) is 19.7. The molecule has 0 saturated carbocycles. The molecule has 0 amide bonds. The van der Waals surface area contributed by atoms with Crippen LogP contribution >= 0.6 is 0 Å². The Morgan fingerprint density at radius 3 is 1.75 bits per heavy atom. The molecular weight excluding hydrogens is 693 g/mol. The average Bonchev–Trinajstić information content (AvgIpc) is 3.78. The van der Waals surface area contributed by atoms with Gasteiger partial charge in [0.2, 0.25) is 0 Å². The molecule has 57 heavy (non-hydrogen) atoms. The fraction of sp³-hybridized carbons (Fsp3) is 0.0566. The van der Waals surface area contributed by atoms with Gasteiger partial charge in [0, 0.05) is 49.3 Å². The Morgan fingerprint density at radius 2 is 1.04 bits per heavy atom. The number of rotatable bonds is 4. The lowest BCUT2D eigenvalue weighted by atomic mass is 9.74. The summed E-state index contributed by atoms with van der Waals surface area (Å²) in [6.45, 7) is 4.78.